The molecule has 1 aromatic heterocycles. The van der Waals surface area contributed by atoms with Crippen LogP contribution in [0.1, 0.15) is 102 Å². The van der Waals surface area contributed by atoms with E-state index < -0.39 is 17.6 Å². The first-order valence-electron chi connectivity index (χ1n) is 17.4. The van der Waals surface area contributed by atoms with E-state index in [1.54, 1.807) is 11.0 Å². The van der Waals surface area contributed by atoms with Gasteiger partial charge < -0.3 is 14.9 Å². The molecule has 47 heavy (non-hydrogen) atoms. The summed E-state index contributed by atoms with van der Waals surface area (Å²) in [5.41, 5.74) is 6.50. The highest BCUT2D eigenvalue weighted by Crippen LogP contribution is 2.40. The smallest absolute Gasteiger partial charge is 0.255 e. The van der Waals surface area contributed by atoms with E-state index in [9.17, 15) is 19.5 Å². The zero-order valence-electron chi connectivity index (χ0n) is 26.9. The number of aromatic nitrogens is 1. The van der Waals surface area contributed by atoms with Crippen molar-refractivity contribution in [3.8, 4) is 0 Å². The number of rotatable bonds is 7. The Kier molecular flexibility index (Phi) is 7.84. The van der Waals surface area contributed by atoms with Gasteiger partial charge in [0.05, 0.1) is 5.60 Å². The molecule has 244 valence electrons. The molecule has 4 aliphatic heterocycles. The second kappa shape index (κ2) is 12.2. The fourth-order valence-electron chi connectivity index (χ4n) is 8.05. The first kappa shape index (κ1) is 30.3. The molecule has 9 nitrogen and oxygen atoms in total. The number of piperidine rings is 3. The Bertz CT molecular complexity index is 1670. The molecule has 2 N–H and O–H groups in total. The third-order valence-corrected chi connectivity index (χ3v) is 11.2. The van der Waals surface area contributed by atoms with Crippen LogP contribution in [0.25, 0.3) is 0 Å². The van der Waals surface area contributed by atoms with Gasteiger partial charge in [0, 0.05) is 74.7 Å². The average molecular weight is 634 g/mol. The van der Waals surface area contributed by atoms with Crippen molar-refractivity contribution < 1.29 is 19.5 Å². The number of aliphatic hydroxyl groups is 1. The molecule has 1 aliphatic carbocycles. The number of hydrogen-bond acceptors (Lipinski definition) is 7. The number of carbonyl (C=O) groups is 3. The van der Waals surface area contributed by atoms with E-state index in [1.807, 2.05) is 12.1 Å². The lowest BCUT2D eigenvalue weighted by Gasteiger charge is -2.39. The number of nitrogens with one attached hydrogen (secondary N) is 1. The van der Waals surface area contributed by atoms with E-state index in [0.717, 1.165) is 56.7 Å². The lowest BCUT2D eigenvalue weighted by molar-refractivity contribution is -0.136. The summed E-state index contributed by atoms with van der Waals surface area (Å²) in [7, 11) is 0. The standard InChI is InChI=1S/C38H43N5O4/c44-35-12-11-34(36(45)40-35)43-24-29-21-30(6-9-32(29)37(43)46)38(47)15-19-41(20-16-38)23-25-1-7-31(8-2-25)42-17-13-26(14-18-42)28-5-10-33(39-22-28)27-3-4-27/h1-2,5-10,21-22,26-27,34,47H,3-4,11-20,23-24H2,(H,40,44,45). The highest BCUT2D eigenvalue weighted by molar-refractivity contribution is 6.05. The number of anilines is 1. The number of hydrogen-bond donors (Lipinski definition) is 2. The van der Waals surface area contributed by atoms with Crippen LogP contribution in [0.2, 0.25) is 0 Å². The summed E-state index contributed by atoms with van der Waals surface area (Å²) in [4.78, 5) is 48.3. The molecule has 3 saturated heterocycles. The minimum atomic E-state index is -0.956. The topological polar surface area (TPSA) is 106 Å². The van der Waals surface area contributed by atoms with Crippen molar-refractivity contribution in [2.45, 2.75) is 87.9 Å². The molecule has 5 aliphatic rings. The maximum atomic E-state index is 13.1. The zero-order valence-corrected chi connectivity index (χ0v) is 26.9. The van der Waals surface area contributed by atoms with Crippen LogP contribution in [-0.4, -0.2) is 69.8 Å². The Morgan fingerprint density at radius 3 is 2.30 bits per heavy atom. The minimum absolute atomic E-state index is 0.190. The molecule has 0 bridgehead atoms. The summed E-state index contributed by atoms with van der Waals surface area (Å²) >= 11 is 0. The molecule has 8 rings (SSSR count). The lowest BCUT2D eigenvalue weighted by Crippen LogP contribution is -2.52. The van der Waals surface area contributed by atoms with E-state index in [1.165, 1.54) is 35.3 Å². The molecule has 5 heterocycles. The number of pyridine rings is 1. The van der Waals surface area contributed by atoms with Gasteiger partial charge in [-0.05, 0) is 97.4 Å². The lowest BCUT2D eigenvalue weighted by atomic mass is 9.83. The molecule has 3 amide bonds. The van der Waals surface area contributed by atoms with Gasteiger partial charge in [0.1, 0.15) is 6.04 Å². The van der Waals surface area contributed by atoms with Gasteiger partial charge in [-0.25, -0.2) is 0 Å². The number of imide groups is 1. The first-order valence-corrected chi connectivity index (χ1v) is 17.4. The van der Waals surface area contributed by atoms with Crippen LogP contribution in [0, 0.1) is 0 Å². The number of amides is 3. The van der Waals surface area contributed by atoms with E-state index >= 15 is 0 Å². The predicted octanol–water partition coefficient (Wildman–Crippen LogP) is 4.59. The van der Waals surface area contributed by atoms with Gasteiger partial charge in [-0.15, -0.1) is 0 Å². The summed E-state index contributed by atoms with van der Waals surface area (Å²) in [6.45, 7) is 4.84. The van der Waals surface area contributed by atoms with Crippen molar-refractivity contribution in [1.29, 1.82) is 0 Å². The summed E-state index contributed by atoms with van der Waals surface area (Å²) in [6.07, 6.45) is 8.82. The van der Waals surface area contributed by atoms with Gasteiger partial charge in [-0.2, -0.15) is 0 Å². The largest absolute Gasteiger partial charge is 0.385 e. The fraction of sp³-hybridized carbons (Fsp3) is 0.474. The number of nitrogens with zero attached hydrogens (tertiary/aromatic N) is 4. The quantitative estimate of drug-likeness (QED) is 0.367. The summed E-state index contributed by atoms with van der Waals surface area (Å²) < 4.78 is 0. The van der Waals surface area contributed by atoms with Crippen molar-refractivity contribution >= 4 is 23.4 Å². The van der Waals surface area contributed by atoms with Crippen LogP contribution in [0.4, 0.5) is 5.69 Å². The number of likely N-dealkylation sites (tertiary alicyclic amines) is 1. The molecule has 4 fully saturated rings. The van der Waals surface area contributed by atoms with Gasteiger partial charge in [-0.1, -0.05) is 30.3 Å². The van der Waals surface area contributed by atoms with Crippen LogP contribution in [0.5, 0.6) is 0 Å². The number of benzene rings is 2. The van der Waals surface area contributed by atoms with E-state index in [2.05, 4.69) is 57.7 Å². The molecule has 1 atom stereocenters. The summed E-state index contributed by atoms with van der Waals surface area (Å²) in [6, 6.07) is 18.5. The normalized spacial score (nSPS) is 23.6. The van der Waals surface area contributed by atoms with E-state index in [4.69, 9.17) is 4.98 Å². The van der Waals surface area contributed by atoms with Gasteiger partial charge in [-0.3, -0.25) is 29.6 Å². The molecule has 2 aromatic carbocycles. The molecule has 0 radical (unpaired) electrons. The second-order valence-electron chi connectivity index (χ2n) is 14.3. The fourth-order valence-corrected chi connectivity index (χ4v) is 8.05. The molecular formula is C38H43N5O4. The van der Waals surface area contributed by atoms with Crippen LogP contribution >= 0.6 is 0 Å². The van der Waals surface area contributed by atoms with Crippen LogP contribution in [0.15, 0.2) is 60.8 Å². The Hall–Kier alpha value is -4.08. The molecule has 0 spiro atoms. The maximum absolute atomic E-state index is 13.1. The van der Waals surface area contributed by atoms with Crippen LogP contribution in [-0.2, 0) is 28.3 Å². The van der Waals surface area contributed by atoms with Crippen LogP contribution in [0.3, 0.4) is 0 Å². The van der Waals surface area contributed by atoms with Crippen molar-refractivity contribution in [2.75, 3.05) is 31.1 Å². The summed E-state index contributed by atoms with van der Waals surface area (Å²) in [5, 5.41) is 14.0. The SMILES string of the molecule is O=C1CCC(N2Cc3cc(C4(O)CCN(Cc5ccc(N6CCC(c7ccc(C8CC8)nc7)CC6)cc5)CC4)ccc3C2=O)C(=O)N1. The van der Waals surface area contributed by atoms with Crippen molar-refractivity contribution in [3.05, 3.63) is 94.3 Å². The highest BCUT2D eigenvalue weighted by atomic mass is 16.3. The monoisotopic (exact) mass is 633 g/mol. The number of fused-ring (bicyclic) bond motifs is 1. The molecule has 9 heteroatoms. The Balaban J connectivity index is 0.833. The predicted molar refractivity (Wildman–Crippen MR) is 178 cm³/mol. The van der Waals surface area contributed by atoms with Crippen LogP contribution < -0.4 is 10.2 Å². The molecule has 3 aromatic rings. The van der Waals surface area contributed by atoms with Crippen molar-refractivity contribution in [3.63, 3.8) is 0 Å². The Morgan fingerprint density at radius 1 is 0.851 bits per heavy atom. The maximum Gasteiger partial charge on any atom is 0.255 e. The number of carbonyl (C=O) groups excluding carboxylic acids is 3. The third kappa shape index (κ3) is 6.07. The molecular weight excluding hydrogens is 590 g/mol. The Morgan fingerprint density at radius 2 is 1.62 bits per heavy atom. The average Bonchev–Trinajstić information content (AvgIpc) is 3.90. The summed E-state index contributed by atoms with van der Waals surface area (Å²) in [5.74, 6) is 0.407. The third-order valence-electron chi connectivity index (χ3n) is 11.2. The Labute approximate surface area is 276 Å². The van der Waals surface area contributed by atoms with E-state index in [-0.39, 0.29) is 18.2 Å². The van der Waals surface area contributed by atoms with Crippen molar-refractivity contribution in [1.82, 2.24) is 20.1 Å². The molecule has 1 saturated carbocycles. The molecule has 1 unspecified atom stereocenters. The first-order chi connectivity index (χ1) is 22.8. The van der Waals surface area contributed by atoms with Gasteiger partial charge in [0.25, 0.3) is 5.91 Å². The van der Waals surface area contributed by atoms with Gasteiger partial charge in [0.15, 0.2) is 0 Å². The highest BCUT2D eigenvalue weighted by Gasteiger charge is 2.41. The zero-order chi connectivity index (χ0) is 32.1. The van der Waals surface area contributed by atoms with Gasteiger partial charge in [0.2, 0.25) is 11.8 Å². The minimum Gasteiger partial charge on any atom is -0.385 e. The second-order valence-corrected chi connectivity index (χ2v) is 14.3. The van der Waals surface area contributed by atoms with E-state index in [0.29, 0.717) is 43.2 Å². The van der Waals surface area contributed by atoms with Gasteiger partial charge >= 0.3 is 0 Å². The van der Waals surface area contributed by atoms with Crippen molar-refractivity contribution in [2.24, 2.45) is 0 Å².